The van der Waals surface area contributed by atoms with Crippen LogP contribution in [-0.4, -0.2) is 23.6 Å². The van der Waals surface area contributed by atoms with Crippen LogP contribution in [0.4, 0.5) is 0 Å². The molecule has 0 amide bonds. The van der Waals surface area contributed by atoms with Gasteiger partial charge in [0.1, 0.15) is 0 Å². The maximum Gasteiger partial charge on any atom is 0.0864 e. The van der Waals surface area contributed by atoms with E-state index in [0.717, 1.165) is 16.3 Å². The molecule has 0 aliphatic rings. The lowest BCUT2D eigenvalue weighted by Crippen LogP contribution is -2.18. The fourth-order valence-electron chi connectivity index (χ4n) is 1.89. The van der Waals surface area contributed by atoms with Crippen LogP contribution in [0, 0.1) is 0 Å². The molecule has 0 bridgehead atoms. The lowest BCUT2D eigenvalue weighted by Gasteiger charge is -2.12. The zero-order valence-electron chi connectivity index (χ0n) is 12.3. The number of hydrogen-bond acceptors (Lipinski definition) is 3. The highest BCUT2D eigenvalue weighted by molar-refractivity contribution is 7.98. The van der Waals surface area contributed by atoms with Crippen LogP contribution >= 0.6 is 46.6 Å². The standard InChI is InChI=1S/C17H17Cl3O2S/c18-14-4-1-12(2-5-14)10-23-11-16(21)9-22-8-13-3-6-15(19)7-17(13)20/h1-7,16,21H,8-11H2. The fraction of sp³-hybridized carbons (Fsp3) is 0.294. The van der Waals surface area contributed by atoms with Gasteiger partial charge in [-0.3, -0.25) is 0 Å². The molecule has 0 radical (unpaired) electrons. The van der Waals surface area contributed by atoms with Crippen LogP contribution in [0.25, 0.3) is 0 Å². The van der Waals surface area contributed by atoms with Crippen molar-refractivity contribution in [3.8, 4) is 0 Å². The zero-order valence-corrected chi connectivity index (χ0v) is 15.4. The molecule has 2 nitrogen and oxygen atoms in total. The van der Waals surface area contributed by atoms with E-state index in [4.69, 9.17) is 39.5 Å². The van der Waals surface area contributed by atoms with E-state index >= 15 is 0 Å². The Morgan fingerprint density at radius 2 is 1.70 bits per heavy atom. The quantitative estimate of drug-likeness (QED) is 0.648. The van der Waals surface area contributed by atoms with Gasteiger partial charge in [0, 0.05) is 26.6 Å². The van der Waals surface area contributed by atoms with Crippen LogP contribution in [-0.2, 0) is 17.1 Å². The molecule has 124 valence electrons. The highest BCUT2D eigenvalue weighted by Crippen LogP contribution is 2.22. The summed E-state index contributed by atoms with van der Waals surface area (Å²) in [6, 6.07) is 13.0. The van der Waals surface area contributed by atoms with Crippen molar-refractivity contribution in [1.29, 1.82) is 0 Å². The monoisotopic (exact) mass is 390 g/mol. The largest absolute Gasteiger partial charge is 0.390 e. The number of thioether (sulfide) groups is 1. The Morgan fingerprint density at radius 3 is 2.39 bits per heavy atom. The van der Waals surface area contributed by atoms with E-state index in [-0.39, 0.29) is 6.61 Å². The van der Waals surface area contributed by atoms with Gasteiger partial charge in [-0.15, -0.1) is 0 Å². The Labute approximate surface area is 155 Å². The number of ether oxygens (including phenoxy) is 1. The van der Waals surface area contributed by atoms with Crippen molar-refractivity contribution >= 4 is 46.6 Å². The normalized spacial score (nSPS) is 12.3. The van der Waals surface area contributed by atoms with Crippen molar-refractivity contribution in [3.05, 3.63) is 68.7 Å². The van der Waals surface area contributed by atoms with Gasteiger partial charge >= 0.3 is 0 Å². The van der Waals surface area contributed by atoms with E-state index in [1.54, 1.807) is 23.9 Å². The second-order valence-corrected chi connectivity index (χ2v) is 7.36. The van der Waals surface area contributed by atoms with Gasteiger partial charge in [-0.1, -0.05) is 53.0 Å². The van der Waals surface area contributed by atoms with Gasteiger partial charge in [-0.25, -0.2) is 0 Å². The minimum absolute atomic E-state index is 0.270. The van der Waals surface area contributed by atoms with E-state index in [9.17, 15) is 5.11 Å². The number of hydrogen-bond donors (Lipinski definition) is 1. The molecule has 23 heavy (non-hydrogen) atoms. The molecule has 0 fully saturated rings. The Balaban J connectivity index is 1.65. The molecule has 1 unspecified atom stereocenters. The number of aliphatic hydroxyl groups is 1. The van der Waals surface area contributed by atoms with Crippen molar-refractivity contribution in [2.24, 2.45) is 0 Å². The SMILES string of the molecule is OC(COCc1ccc(Cl)cc1Cl)CSCc1ccc(Cl)cc1. The molecule has 0 saturated heterocycles. The van der Waals surface area contributed by atoms with Gasteiger partial charge < -0.3 is 9.84 Å². The Kier molecular flexibility index (Phi) is 8.04. The van der Waals surface area contributed by atoms with Crippen LogP contribution in [0.15, 0.2) is 42.5 Å². The molecule has 1 atom stereocenters. The summed E-state index contributed by atoms with van der Waals surface area (Å²) >= 11 is 19.4. The lowest BCUT2D eigenvalue weighted by atomic mass is 10.2. The summed E-state index contributed by atoms with van der Waals surface area (Å²) in [5, 5.41) is 11.8. The Hall–Kier alpha value is -0.420. The van der Waals surface area contributed by atoms with E-state index in [1.807, 2.05) is 30.3 Å². The van der Waals surface area contributed by atoms with Gasteiger partial charge in [0.25, 0.3) is 0 Å². The van der Waals surface area contributed by atoms with Crippen LogP contribution in [0.2, 0.25) is 15.1 Å². The third-order valence-electron chi connectivity index (χ3n) is 3.08. The summed E-state index contributed by atoms with van der Waals surface area (Å²) in [5.74, 6) is 1.44. The van der Waals surface area contributed by atoms with Crippen LogP contribution in [0.3, 0.4) is 0 Å². The molecule has 0 aliphatic heterocycles. The van der Waals surface area contributed by atoms with Gasteiger partial charge in [0.15, 0.2) is 0 Å². The molecule has 0 aliphatic carbocycles. The minimum Gasteiger partial charge on any atom is -0.390 e. The number of halogens is 3. The van der Waals surface area contributed by atoms with E-state index < -0.39 is 6.10 Å². The molecule has 2 rings (SSSR count). The first-order chi connectivity index (χ1) is 11.0. The van der Waals surface area contributed by atoms with Gasteiger partial charge in [-0.2, -0.15) is 11.8 Å². The molecule has 0 heterocycles. The zero-order chi connectivity index (χ0) is 16.7. The van der Waals surface area contributed by atoms with Crippen molar-refractivity contribution in [2.45, 2.75) is 18.5 Å². The molecule has 0 saturated carbocycles. The first-order valence-electron chi connectivity index (χ1n) is 7.06. The lowest BCUT2D eigenvalue weighted by molar-refractivity contribution is 0.0398. The van der Waals surface area contributed by atoms with Crippen molar-refractivity contribution in [3.63, 3.8) is 0 Å². The third kappa shape index (κ3) is 6.92. The van der Waals surface area contributed by atoms with Crippen LogP contribution in [0.5, 0.6) is 0 Å². The molecule has 2 aromatic carbocycles. The van der Waals surface area contributed by atoms with Crippen molar-refractivity contribution < 1.29 is 9.84 Å². The maximum atomic E-state index is 9.94. The summed E-state index contributed by atoms with van der Waals surface area (Å²) in [5.41, 5.74) is 2.04. The first kappa shape index (κ1) is 18.9. The van der Waals surface area contributed by atoms with E-state index in [0.29, 0.717) is 22.4 Å². The number of rotatable bonds is 8. The van der Waals surface area contributed by atoms with Crippen LogP contribution < -0.4 is 0 Å². The van der Waals surface area contributed by atoms with E-state index in [1.165, 1.54) is 5.56 Å². The summed E-state index contributed by atoms with van der Waals surface area (Å²) < 4.78 is 5.51. The van der Waals surface area contributed by atoms with Crippen molar-refractivity contribution in [1.82, 2.24) is 0 Å². The number of benzene rings is 2. The average molecular weight is 392 g/mol. The van der Waals surface area contributed by atoms with E-state index in [2.05, 4.69) is 0 Å². The van der Waals surface area contributed by atoms with Crippen molar-refractivity contribution in [2.75, 3.05) is 12.4 Å². The second kappa shape index (κ2) is 9.77. The maximum absolute atomic E-state index is 9.94. The molecule has 2 aromatic rings. The molecule has 6 heteroatoms. The summed E-state index contributed by atoms with van der Waals surface area (Å²) in [6.45, 7) is 0.626. The van der Waals surface area contributed by atoms with Gasteiger partial charge in [0.05, 0.1) is 19.3 Å². The van der Waals surface area contributed by atoms with Gasteiger partial charge in [0.2, 0.25) is 0 Å². The first-order valence-corrected chi connectivity index (χ1v) is 9.35. The third-order valence-corrected chi connectivity index (χ3v) is 5.07. The minimum atomic E-state index is -0.515. The smallest absolute Gasteiger partial charge is 0.0864 e. The number of aliphatic hydroxyl groups excluding tert-OH is 1. The molecule has 0 spiro atoms. The summed E-state index contributed by atoms with van der Waals surface area (Å²) in [7, 11) is 0. The highest BCUT2D eigenvalue weighted by atomic mass is 35.5. The molecule has 1 N–H and O–H groups in total. The fourth-order valence-corrected chi connectivity index (χ4v) is 3.39. The van der Waals surface area contributed by atoms with Gasteiger partial charge in [-0.05, 0) is 35.4 Å². The highest BCUT2D eigenvalue weighted by Gasteiger charge is 2.07. The van der Waals surface area contributed by atoms with Crippen LogP contribution in [0.1, 0.15) is 11.1 Å². The Morgan fingerprint density at radius 1 is 1.00 bits per heavy atom. The predicted octanol–water partition coefficient (Wildman–Crippen LogP) is 5.46. The Bertz CT molecular complexity index is 620. The molecule has 0 aromatic heterocycles. The molecular formula is C17H17Cl3O2S. The topological polar surface area (TPSA) is 29.5 Å². The average Bonchev–Trinajstić information content (AvgIpc) is 2.51. The second-order valence-electron chi connectivity index (χ2n) is 5.05. The predicted molar refractivity (Wildman–Crippen MR) is 99.7 cm³/mol. The summed E-state index contributed by atoms with van der Waals surface area (Å²) in [6.07, 6.45) is -0.515. The summed E-state index contributed by atoms with van der Waals surface area (Å²) in [4.78, 5) is 0. The molecular weight excluding hydrogens is 375 g/mol.